The predicted molar refractivity (Wildman–Crippen MR) is 101 cm³/mol. The van der Waals surface area contributed by atoms with E-state index in [1.165, 1.54) is 4.90 Å². The van der Waals surface area contributed by atoms with Gasteiger partial charge in [-0.05, 0) is 26.4 Å². The largest absolute Gasteiger partial charge is 0.368 e. The summed E-state index contributed by atoms with van der Waals surface area (Å²) >= 11 is 0. The van der Waals surface area contributed by atoms with E-state index in [1.54, 1.807) is 22.9 Å². The summed E-state index contributed by atoms with van der Waals surface area (Å²) < 4.78 is 0. The number of amides is 4. The molecule has 8 nitrogen and oxygen atoms in total. The summed E-state index contributed by atoms with van der Waals surface area (Å²) in [4.78, 5) is 43.5. The molecule has 0 aromatic rings. The molecule has 0 saturated carbocycles. The van der Waals surface area contributed by atoms with Gasteiger partial charge in [-0.1, -0.05) is 19.9 Å². The zero-order valence-corrected chi connectivity index (χ0v) is 16.6. The quantitative estimate of drug-likeness (QED) is 0.679. The first kappa shape index (κ1) is 22.0. The van der Waals surface area contributed by atoms with E-state index in [1.807, 2.05) is 38.9 Å². The third-order valence-electron chi connectivity index (χ3n) is 4.45. The van der Waals surface area contributed by atoms with E-state index in [-0.39, 0.29) is 17.9 Å². The molecule has 0 spiro atoms. The molecule has 8 heteroatoms. The van der Waals surface area contributed by atoms with Gasteiger partial charge >= 0.3 is 6.03 Å². The third kappa shape index (κ3) is 6.33. The number of carbonyl (C=O) groups excluding carboxylic acids is 3. The summed E-state index contributed by atoms with van der Waals surface area (Å²) in [7, 11) is 5.49. The SMILES string of the molecule is CC(C)C(C(N)=O)N(C)C(=O)N1CCCN(C(=O)/C=C/CN(C)C)CC1. The summed E-state index contributed by atoms with van der Waals surface area (Å²) in [5.41, 5.74) is 5.45. The Hall–Kier alpha value is -2.09. The van der Waals surface area contributed by atoms with Gasteiger partial charge in [0.25, 0.3) is 0 Å². The molecule has 1 heterocycles. The maximum absolute atomic E-state index is 12.7. The number of urea groups is 1. The topological polar surface area (TPSA) is 90.2 Å². The molecule has 1 aliphatic heterocycles. The van der Waals surface area contributed by atoms with Crippen molar-refractivity contribution in [1.82, 2.24) is 19.6 Å². The maximum Gasteiger partial charge on any atom is 0.320 e. The summed E-state index contributed by atoms with van der Waals surface area (Å²) in [5.74, 6) is -0.603. The minimum absolute atomic E-state index is 0.0355. The number of rotatable bonds is 6. The summed E-state index contributed by atoms with van der Waals surface area (Å²) in [5, 5.41) is 0. The van der Waals surface area contributed by atoms with Crippen LogP contribution >= 0.6 is 0 Å². The molecule has 1 unspecified atom stereocenters. The highest BCUT2D eigenvalue weighted by Gasteiger charge is 2.31. The lowest BCUT2D eigenvalue weighted by molar-refractivity contribution is -0.126. The van der Waals surface area contributed by atoms with Gasteiger partial charge in [-0.3, -0.25) is 9.59 Å². The van der Waals surface area contributed by atoms with Crippen LogP contribution in [0.3, 0.4) is 0 Å². The van der Waals surface area contributed by atoms with Crippen LogP contribution in [0.2, 0.25) is 0 Å². The maximum atomic E-state index is 12.7. The first-order valence-corrected chi connectivity index (χ1v) is 9.06. The van der Waals surface area contributed by atoms with Crippen LogP contribution in [-0.4, -0.2) is 97.4 Å². The van der Waals surface area contributed by atoms with Crippen LogP contribution in [0.25, 0.3) is 0 Å². The van der Waals surface area contributed by atoms with E-state index in [9.17, 15) is 14.4 Å². The average molecular weight is 367 g/mol. The molecule has 2 N–H and O–H groups in total. The Kier molecular flexibility index (Phi) is 8.57. The second-order valence-electron chi connectivity index (χ2n) is 7.32. The van der Waals surface area contributed by atoms with Crippen molar-refractivity contribution >= 4 is 17.8 Å². The molecule has 0 radical (unpaired) electrons. The Balaban J connectivity index is 2.67. The van der Waals surface area contributed by atoms with Crippen molar-refractivity contribution < 1.29 is 14.4 Å². The summed E-state index contributed by atoms with van der Waals surface area (Å²) in [6.45, 7) is 6.52. The lowest BCUT2D eigenvalue weighted by atomic mass is 10.0. The van der Waals surface area contributed by atoms with Gasteiger partial charge in [0.1, 0.15) is 6.04 Å². The van der Waals surface area contributed by atoms with Crippen LogP contribution in [0.15, 0.2) is 12.2 Å². The van der Waals surface area contributed by atoms with Crippen molar-refractivity contribution in [2.75, 3.05) is 53.9 Å². The molecular weight excluding hydrogens is 334 g/mol. The summed E-state index contributed by atoms with van der Waals surface area (Å²) in [6.07, 6.45) is 4.13. The molecule has 1 saturated heterocycles. The van der Waals surface area contributed by atoms with Gasteiger partial charge in [-0.15, -0.1) is 0 Å². The molecule has 0 aromatic heterocycles. The smallest absolute Gasteiger partial charge is 0.320 e. The fourth-order valence-corrected chi connectivity index (χ4v) is 3.11. The molecule has 148 valence electrons. The van der Waals surface area contributed by atoms with Gasteiger partial charge in [0.15, 0.2) is 0 Å². The van der Waals surface area contributed by atoms with E-state index >= 15 is 0 Å². The fraction of sp³-hybridized carbons (Fsp3) is 0.722. The van der Waals surface area contributed by atoms with E-state index in [4.69, 9.17) is 5.73 Å². The highest BCUT2D eigenvalue weighted by Crippen LogP contribution is 2.13. The first-order valence-electron chi connectivity index (χ1n) is 9.06. The minimum Gasteiger partial charge on any atom is -0.368 e. The highest BCUT2D eigenvalue weighted by atomic mass is 16.2. The molecule has 4 amide bonds. The van der Waals surface area contributed by atoms with Crippen LogP contribution in [0.5, 0.6) is 0 Å². The van der Waals surface area contributed by atoms with Crippen LogP contribution in [0, 0.1) is 5.92 Å². The van der Waals surface area contributed by atoms with E-state index in [2.05, 4.69) is 0 Å². The van der Waals surface area contributed by atoms with Gasteiger partial charge < -0.3 is 25.3 Å². The van der Waals surface area contributed by atoms with Crippen LogP contribution in [0.4, 0.5) is 4.79 Å². The van der Waals surface area contributed by atoms with Crippen molar-refractivity contribution in [2.24, 2.45) is 11.7 Å². The van der Waals surface area contributed by atoms with Gasteiger partial charge in [-0.2, -0.15) is 0 Å². The van der Waals surface area contributed by atoms with Crippen LogP contribution in [0.1, 0.15) is 20.3 Å². The van der Waals surface area contributed by atoms with Gasteiger partial charge in [0.05, 0.1) is 0 Å². The van der Waals surface area contributed by atoms with Gasteiger partial charge in [-0.25, -0.2) is 4.79 Å². The average Bonchev–Trinajstić information content (AvgIpc) is 2.78. The zero-order valence-electron chi connectivity index (χ0n) is 16.6. The number of carbonyl (C=O) groups is 3. The first-order chi connectivity index (χ1) is 12.1. The van der Waals surface area contributed by atoms with Crippen LogP contribution in [-0.2, 0) is 9.59 Å². The fourth-order valence-electron chi connectivity index (χ4n) is 3.11. The predicted octanol–water partition coefficient (Wildman–Crippen LogP) is 0.200. The molecule has 0 aromatic carbocycles. The van der Waals surface area contributed by atoms with E-state index in [0.717, 1.165) is 0 Å². The molecule has 0 aliphatic carbocycles. The number of nitrogens with two attached hydrogens (primary N) is 1. The number of likely N-dealkylation sites (N-methyl/N-ethyl adjacent to an activating group) is 2. The van der Waals surface area contributed by atoms with Crippen molar-refractivity contribution in [2.45, 2.75) is 26.3 Å². The number of primary amides is 1. The standard InChI is InChI=1S/C18H33N5O3/c1-14(2)16(17(19)25)21(5)18(26)23-11-7-10-22(12-13-23)15(24)8-6-9-20(3)4/h6,8,14,16H,7,9-13H2,1-5H3,(H2,19,25)/b8-6+. The lowest BCUT2D eigenvalue weighted by Crippen LogP contribution is -2.53. The van der Waals surface area contributed by atoms with Crippen molar-refractivity contribution in [1.29, 1.82) is 0 Å². The molecule has 26 heavy (non-hydrogen) atoms. The molecule has 1 fully saturated rings. The Morgan fingerprint density at radius 3 is 2.15 bits per heavy atom. The van der Waals surface area contributed by atoms with Gasteiger partial charge in [0.2, 0.25) is 11.8 Å². The monoisotopic (exact) mass is 367 g/mol. The van der Waals surface area contributed by atoms with E-state index < -0.39 is 11.9 Å². The molecule has 1 aliphatic rings. The Labute approximate surface area is 156 Å². The molecule has 0 bridgehead atoms. The lowest BCUT2D eigenvalue weighted by Gasteiger charge is -2.33. The Bertz CT molecular complexity index is 533. The third-order valence-corrected chi connectivity index (χ3v) is 4.45. The molecule has 1 rings (SSSR count). The number of hydrogen-bond acceptors (Lipinski definition) is 4. The molecule has 1 atom stereocenters. The second kappa shape index (κ2) is 10.2. The van der Waals surface area contributed by atoms with Crippen LogP contribution < -0.4 is 5.73 Å². The van der Waals surface area contributed by atoms with Crippen molar-refractivity contribution in [3.05, 3.63) is 12.2 Å². The Morgan fingerprint density at radius 2 is 1.62 bits per heavy atom. The Morgan fingerprint density at radius 1 is 1.04 bits per heavy atom. The molecular formula is C18H33N5O3. The minimum atomic E-state index is -0.641. The normalized spacial score (nSPS) is 16.9. The highest BCUT2D eigenvalue weighted by molar-refractivity contribution is 5.88. The number of hydrogen-bond donors (Lipinski definition) is 1. The van der Waals surface area contributed by atoms with E-state index in [0.29, 0.717) is 39.1 Å². The van der Waals surface area contributed by atoms with Gasteiger partial charge in [0, 0.05) is 45.8 Å². The zero-order chi connectivity index (χ0) is 19.9. The van der Waals surface area contributed by atoms with Crippen molar-refractivity contribution in [3.63, 3.8) is 0 Å². The number of nitrogens with zero attached hydrogens (tertiary/aromatic N) is 4. The summed E-state index contributed by atoms with van der Waals surface area (Å²) in [6, 6.07) is -0.864. The van der Waals surface area contributed by atoms with Crippen molar-refractivity contribution in [3.8, 4) is 0 Å². The second-order valence-corrected chi connectivity index (χ2v) is 7.32.